The summed E-state index contributed by atoms with van der Waals surface area (Å²) in [5, 5.41) is 12.0. The van der Waals surface area contributed by atoms with Crippen LogP contribution in [0.1, 0.15) is 46.0 Å². The Bertz CT molecular complexity index is 883. The van der Waals surface area contributed by atoms with Crippen molar-refractivity contribution in [2.45, 2.75) is 75.8 Å². The van der Waals surface area contributed by atoms with E-state index in [1.807, 2.05) is 13.8 Å². The predicted molar refractivity (Wildman–Crippen MR) is 130 cm³/mol. The summed E-state index contributed by atoms with van der Waals surface area (Å²) in [5.74, 6) is -0.545. The zero-order chi connectivity index (χ0) is 25.4. The van der Waals surface area contributed by atoms with Crippen molar-refractivity contribution in [3.8, 4) is 0 Å². The van der Waals surface area contributed by atoms with E-state index < -0.39 is 11.6 Å². The zero-order valence-corrected chi connectivity index (χ0v) is 20.8. The molecule has 11 heteroatoms. The number of carbonyl (C=O) groups excluding carboxylic acids is 3. The van der Waals surface area contributed by atoms with Gasteiger partial charge in [-0.05, 0) is 45.1 Å². The number of hydrogen-bond acceptors (Lipinski definition) is 8. The van der Waals surface area contributed by atoms with Gasteiger partial charge >= 0.3 is 6.03 Å². The molecule has 3 rings (SSSR count). The molecule has 0 aromatic carbocycles. The fourth-order valence-electron chi connectivity index (χ4n) is 4.41. The zero-order valence-electron chi connectivity index (χ0n) is 20.8. The van der Waals surface area contributed by atoms with Gasteiger partial charge in [0.1, 0.15) is 11.9 Å². The lowest BCUT2D eigenvalue weighted by Gasteiger charge is -2.42. The summed E-state index contributed by atoms with van der Waals surface area (Å²) >= 11 is 0. The molecule has 0 aliphatic carbocycles. The molecular weight excluding hydrogens is 452 g/mol. The molecule has 35 heavy (non-hydrogen) atoms. The number of imidazole rings is 1. The summed E-state index contributed by atoms with van der Waals surface area (Å²) in [7, 11) is 1.64. The van der Waals surface area contributed by atoms with Gasteiger partial charge in [-0.2, -0.15) is 0 Å². The lowest BCUT2D eigenvalue weighted by molar-refractivity contribution is -0.137. The average Bonchev–Trinajstić information content (AvgIpc) is 3.39. The van der Waals surface area contributed by atoms with Crippen LogP contribution in [0.5, 0.6) is 0 Å². The Morgan fingerprint density at radius 3 is 2.80 bits per heavy atom. The average molecular weight is 491 g/mol. The highest BCUT2D eigenvalue weighted by Gasteiger charge is 2.39. The van der Waals surface area contributed by atoms with Crippen LogP contribution in [-0.2, 0) is 19.1 Å². The molecule has 0 bridgehead atoms. The topological polar surface area (TPSA) is 136 Å². The van der Waals surface area contributed by atoms with Gasteiger partial charge in [-0.25, -0.2) is 9.78 Å². The first kappa shape index (κ1) is 27.0. The molecule has 2 aliphatic rings. The molecular formula is C24H38N6O5. The number of amides is 3. The molecule has 2 aliphatic heterocycles. The second-order valence-corrected chi connectivity index (χ2v) is 9.39. The van der Waals surface area contributed by atoms with E-state index in [4.69, 9.17) is 9.47 Å². The maximum absolute atomic E-state index is 12.1. The highest BCUT2D eigenvalue weighted by atomic mass is 16.6. The maximum atomic E-state index is 12.1. The number of carbonyl (C=O) groups is 3. The van der Waals surface area contributed by atoms with Crippen molar-refractivity contribution in [2.75, 3.05) is 26.7 Å². The fourth-order valence-corrected chi connectivity index (χ4v) is 4.41. The minimum atomic E-state index is -0.763. The van der Waals surface area contributed by atoms with Crippen molar-refractivity contribution in [2.24, 2.45) is 0 Å². The summed E-state index contributed by atoms with van der Waals surface area (Å²) in [5.41, 5.74) is 0.0154. The monoisotopic (exact) mass is 490 g/mol. The molecule has 0 saturated carbocycles. The summed E-state index contributed by atoms with van der Waals surface area (Å²) in [4.78, 5) is 39.3. The van der Waals surface area contributed by atoms with Crippen LogP contribution in [-0.4, -0.2) is 84.0 Å². The Morgan fingerprint density at radius 1 is 1.37 bits per heavy atom. The Hall–Kier alpha value is -2.60. The molecule has 4 N–H and O–H groups in total. The second kappa shape index (κ2) is 12.4. The van der Waals surface area contributed by atoms with Crippen LogP contribution < -0.4 is 21.3 Å². The van der Waals surface area contributed by atoms with Crippen LogP contribution in [0.4, 0.5) is 4.79 Å². The molecule has 3 unspecified atom stereocenters. The Morgan fingerprint density at radius 2 is 2.17 bits per heavy atom. The maximum Gasteiger partial charge on any atom is 0.326 e. The highest BCUT2D eigenvalue weighted by molar-refractivity contribution is 6.00. The smallest absolute Gasteiger partial charge is 0.326 e. The largest absolute Gasteiger partial charge is 0.378 e. The molecule has 0 spiro atoms. The van der Waals surface area contributed by atoms with Crippen LogP contribution in [0, 0.1) is 0 Å². The second-order valence-electron chi connectivity index (χ2n) is 9.39. The third kappa shape index (κ3) is 7.20. The number of nitrogens with zero attached hydrogens (tertiary/aromatic N) is 2. The van der Waals surface area contributed by atoms with E-state index in [9.17, 15) is 14.4 Å². The Labute approximate surface area is 206 Å². The number of imide groups is 1. The van der Waals surface area contributed by atoms with Gasteiger partial charge in [0.15, 0.2) is 0 Å². The third-order valence-corrected chi connectivity index (χ3v) is 7.02. The number of ether oxygens (including phenoxy) is 2. The van der Waals surface area contributed by atoms with E-state index in [0.717, 1.165) is 24.8 Å². The van der Waals surface area contributed by atoms with Gasteiger partial charge in [-0.1, -0.05) is 6.58 Å². The van der Waals surface area contributed by atoms with Gasteiger partial charge in [0.25, 0.3) is 0 Å². The summed E-state index contributed by atoms with van der Waals surface area (Å²) in [6.45, 7) is 9.78. The lowest BCUT2D eigenvalue weighted by Crippen LogP contribution is -2.54. The molecule has 3 amide bonds. The van der Waals surface area contributed by atoms with Crippen molar-refractivity contribution in [1.82, 2.24) is 30.8 Å². The van der Waals surface area contributed by atoms with Gasteiger partial charge in [-0.15, -0.1) is 0 Å². The molecule has 1 aromatic rings. The van der Waals surface area contributed by atoms with Crippen molar-refractivity contribution in [3.63, 3.8) is 0 Å². The molecule has 2 fully saturated rings. The number of methoxy groups -OCH3 is 1. The third-order valence-electron chi connectivity index (χ3n) is 7.02. The fraction of sp³-hybridized carbons (Fsp3) is 0.667. The van der Waals surface area contributed by atoms with Crippen molar-refractivity contribution < 1.29 is 23.9 Å². The normalized spacial score (nSPS) is 25.4. The van der Waals surface area contributed by atoms with Crippen LogP contribution in [0.15, 0.2) is 30.9 Å². The van der Waals surface area contributed by atoms with Gasteiger partial charge in [0.2, 0.25) is 11.8 Å². The van der Waals surface area contributed by atoms with Crippen LogP contribution in [0.2, 0.25) is 0 Å². The number of piperidine rings is 2. The van der Waals surface area contributed by atoms with Crippen molar-refractivity contribution in [1.29, 1.82) is 0 Å². The molecule has 3 heterocycles. The Kier molecular flexibility index (Phi) is 9.55. The van der Waals surface area contributed by atoms with E-state index in [2.05, 4.69) is 32.8 Å². The van der Waals surface area contributed by atoms with E-state index in [-0.39, 0.29) is 30.1 Å². The summed E-state index contributed by atoms with van der Waals surface area (Å²) in [6, 6.07) is -0.326. The number of rotatable bonds is 11. The minimum Gasteiger partial charge on any atom is -0.378 e. The first-order valence-electron chi connectivity index (χ1n) is 12.2. The van der Waals surface area contributed by atoms with Crippen molar-refractivity contribution in [3.05, 3.63) is 30.9 Å². The first-order valence-corrected chi connectivity index (χ1v) is 12.2. The minimum absolute atomic E-state index is 0.0262. The van der Waals surface area contributed by atoms with E-state index in [1.54, 1.807) is 19.5 Å². The number of nitrogens with one attached hydrogen (secondary N) is 4. The SMILES string of the molecule is C=C(CNC1CCC(=O)NC1=O)C(C)(O[C@@H]1CC[C@H](CCNC(=O)n2ccnc2)NC1)C(C)OC. The van der Waals surface area contributed by atoms with Crippen LogP contribution in [0.25, 0.3) is 0 Å². The predicted octanol–water partition coefficient (Wildman–Crippen LogP) is 0.713. The highest BCUT2D eigenvalue weighted by Crippen LogP contribution is 2.30. The van der Waals surface area contributed by atoms with Crippen LogP contribution in [0.3, 0.4) is 0 Å². The van der Waals surface area contributed by atoms with Gasteiger partial charge in [-0.3, -0.25) is 19.5 Å². The van der Waals surface area contributed by atoms with Crippen LogP contribution >= 0.6 is 0 Å². The lowest BCUT2D eigenvalue weighted by atomic mass is 9.89. The number of hydrogen-bond donors (Lipinski definition) is 4. The Balaban J connectivity index is 1.45. The standard InChI is InChI=1S/C24H38N6O5/c1-16(13-28-20-7-8-21(31)29-22(20)32)24(3,17(2)34-4)35-19-6-5-18(27-14-19)9-10-26-23(33)30-12-11-25-15-30/h11-12,15,17-20,27-28H,1,5-10,13-14H2,2-4H3,(H,26,33)(H,29,31,32)/t17?,18-,19-,20?,24?/m1/s1. The quantitative estimate of drug-likeness (QED) is 0.263. The van der Waals surface area contributed by atoms with Gasteiger partial charge in [0.05, 0.1) is 18.2 Å². The van der Waals surface area contributed by atoms with Gasteiger partial charge < -0.3 is 25.4 Å². The van der Waals surface area contributed by atoms with Gasteiger partial charge in [0, 0.05) is 51.6 Å². The molecule has 2 saturated heterocycles. The number of aromatic nitrogens is 2. The molecule has 5 atom stereocenters. The molecule has 194 valence electrons. The molecule has 11 nitrogen and oxygen atoms in total. The van der Waals surface area contributed by atoms with Crippen molar-refractivity contribution >= 4 is 17.8 Å². The van der Waals surface area contributed by atoms with E-state index in [0.29, 0.717) is 38.5 Å². The first-order chi connectivity index (χ1) is 16.7. The van der Waals surface area contributed by atoms with E-state index >= 15 is 0 Å². The summed E-state index contributed by atoms with van der Waals surface area (Å²) in [6.07, 6.45) is 7.77. The van der Waals surface area contributed by atoms with E-state index in [1.165, 1.54) is 10.9 Å². The molecule has 1 aromatic heterocycles. The molecule has 0 radical (unpaired) electrons. The summed E-state index contributed by atoms with van der Waals surface area (Å²) < 4.78 is 13.6.